The maximum absolute atomic E-state index is 6.40. The summed E-state index contributed by atoms with van der Waals surface area (Å²) in [6.45, 7) is 0. The van der Waals surface area contributed by atoms with Gasteiger partial charge in [-0.1, -0.05) is 76.7 Å². The highest BCUT2D eigenvalue weighted by Gasteiger charge is 2.19. The van der Waals surface area contributed by atoms with Crippen molar-refractivity contribution in [2.75, 3.05) is 0 Å². The van der Waals surface area contributed by atoms with Gasteiger partial charge in [-0.15, -0.1) is 49.6 Å². The van der Waals surface area contributed by atoms with Gasteiger partial charge < -0.3 is 0 Å². The van der Waals surface area contributed by atoms with Crippen molar-refractivity contribution in [3.05, 3.63) is 56.5 Å². The first-order chi connectivity index (χ1) is 9.59. The van der Waals surface area contributed by atoms with E-state index in [0.29, 0.717) is 20.1 Å². The van der Waals surface area contributed by atoms with Crippen LogP contribution in [0.2, 0.25) is 20.1 Å². The molecule has 0 atom stereocenters. The summed E-state index contributed by atoms with van der Waals surface area (Å²) in [5, 5.41) is 7.75. The molecule has 130 valence electrons. The van der Waals surface area contributed by atoms with Crippen LogP contribution >= 0.6 is 96.0 Å². The molecule has 0 nitrogen and oxygen atoms in total. The smallest absolute Gasteiger partial charge is 0.0791 e. The SMILES string of the molecule is Cl.Cl.Cl.Cl.Clc1c(Cl)c2ccc3cccc4cc(Cl)c(c1Cl)c2c34. The van der Waals surface area contributed by atoms with Crippen LogP contribution in [-0.2, 0) is 0 Å². The van der Waals surface area contributed by atoms with Gasteiger partial charge in [-0.05, 0) is 22.2 Å². The molecule has 0 fully saturated rings. The zero-order valence-corrected chi connectivity index (χ0v) is 17.9. The molecule has 4 aromatic carbocycles. The van der Waals surface area contributed by atoms with E-state index in [4.69, 9.17) is 46.4 Å². The van der Waals surface area contributed by atoms with Gasteiger partial charge in [0.15, 0.2) is 0 Å². The Labute approximate surface area is 183 Å². The molecule has 4 rings (SSSR count). The van der Waals surface area contributed by atoms with Crippen LogP contribution in [0.3, 0.4) is 0 Å². The molecule has 0 saturated heterocycles. The third kappa shape index (κ3) is 3.29. The minimum atomic E-state index is 0. The van der Waals surface area contributed by atoms with Crippen LogP contribution in [0, 0.1) is 0 Å². The van der Waals surface area contributed by atoms with E-state index in [0.717, 1.165) is 32.3 Å². The first kappa shape index (κ1) is 24.2. The van der Waals surface area contributed by atoms with Crippen molar-refractivity contribution in [1.29, 1.82) is 0 Å². The molecule has 0 N–H and O–H groups in total. The first-order valence-corrected chi connectivity index (χ1v) is 7.50. The summed E-state index contributed by atoms with van der Waals surface area (Å²) in [5.41, 5.74) is 0. The highest BCUT2D eigenvalue weighted by Crippen LogP contribution is 2.47. The fraction of sp³-hybridized carbons (Fsp3) is 0. The lowest BCUT2D eigenvalue weighted by atomic mass is 9.94. The Morgan fingerprint density at radius 3 is 1.83 bits per heavy atom. The van der Waals surface area contributed by atoms with Crippen LogP contribution in [0.5, 0.6) is 0 Å². The highest BCUT2D eigenvalue weighted by atomic mass is 35.5. The van der Waals surface area contributed by atoms with Crippen molar-refractivity contribution in [2.24, 2.45) is 0 Å². The van der Waals surface area contributed by atoms with E-state index >= 15 is 0 Å². The second-order valence-corrected chi connectivity index (χ2v) is 6.28. The van der Waals surface area contributed by atoms with Crippen LogP contribution in [0.25, 0.3) is 32.3 Å². The fourth-order valence-electron chi connectivity index (χ4n) is 2.84. The van der Waals surface area contributed by atoms with Gasteiger partial charge in [0.1, 0.15) is 0 Å². The van der Waals surface area contributed by atoms with Gasteiger partial charge >= 0.3 is 0 Å². The maximum Gasteiger partial charge on any atom is 0.0791 e. The lowest BCUT2D eigenvalue weighted by Gasteiger charge is -2.15. The Morgan fingerprint density at radius 2 is 1.17 bits per heavy atom. The third-order valence-electron chi connectivity index (χ3n) is 3.69. The van der Waals surface area contributed by atoms with Crippen molar-refractivity contribution in [3.63, 3.8) is 0 Å². The van der Waals surface area contributed by atoms with Crippen molar-refractivity contribution in [2.45, 2.75) is 0 Å². The molecule has 0 aliphatic heterocycles. The van der Waals surface area contributed by atoms with E-state index < -0.39 is 0 Å². The van der Waals surface area contributed by atoms with Crippen LogP contribution in [0.4, 0.5) is 0 Å². The molecule has 0 aliphatic rings. The molecule has 0 radical (unpaired) electrons. The Balaban J connectivity index is 0.00000132. The highest BCUT2D eigenvalue weighted by molar-refractivity contribution is 6.56. The van der Waals surface area contributed by atoms with Crippen molar-refractivity contribution < 1.29 is 0 Å². The summed E-state index contributed by atoms with van der Waals surface area (Å²) in [7, 11) is 0. The van der Waals surface area contributed by atoms with Crippen molar-refractivity contribution >= 4 is 128 Å². The van der Waals surface area contributed by atoms with Crippen LogP contribution in [0.15, 0.2) is 36.4 Å². The van der Waals surface area contributed by atoms with E-state index in [9.17, 15) is 0 Å². The Kier molecular flexibility index (Phi) is 8.84. The quantitative estimate of drug-likeness (QED) is 0.172. The largest absolute Gasteiger partial charge is 0.147 e. The van der Waals surface area contributed by atoms with Gasteiger partial charge in [-0.3, -0.25) is 0 Å². The third-order valence-corrected chi connectivity index (χ3v) is 5.33. The summed E-state index contributed by atoms with van der Waals surface area (Å²) in [4.78, 5) is 0. The second-order valence-electron chi connectivity index (χ2n) is 4.74. The van der Waals surface area contributed by atoms with E-state index in [-0.39, 0.29) is 49.6 Å². The molecular weight excluding hydrogens is 476 g/mol. The topological polar surface area (TPSA) is 0 Å². The lowest BCUT2D eigenvalue weighted by molar-refractivity contribution is 1.77. The monoisotopic (exact) mass is 482 g/mol. The molecule has 0 amide bonds. The zero-order chi connectivity index (χ0) is 14.0. The number of hydrogen-bond acceptors (Lipinski definition) is 0. The first-order valence-electron chi connectivity index (χ1n) is 5.99. The van der Waals surface area contributed by atoms with Gasteiger partial charge in [0, 0.05) is 16.2 Å². The number of benzene rings is 4. The standard InChI is InChI=1S/C16H6Cl4.4ClH/c17-10-6-8-3-1-2-7-4-5-9-12(11(7)8)13(10)15(19)16(20)14(9)18;;;;/h1-6H;4*1H. The zero-order valence-electron chi connectivity index (χ0n) is 11.6. The Bertz CT molecular complexity index is 996. The molecule has 24 heavy (non-hydrogen) atoms. The maximum atomic E-state index is 6.40. The van der Waals surface area contributed by atoms with E-state index in [2.05, 4.69) is 6.07 Å². The van der Waals surface area contributed by atoms with Gasteiger partial charge in [-0.2, -0.15) is 0 Å². The summed E-state index contributed by atoms with van der Waals surface area (Å²) < 4.78 is 0. The fourth-order valence-corrected chi connectivity index (χ4v) is 3.98. The Morgan fingerprint density at radius 1 is 0.542 bits per heavy atom. The van der Waals surface area contributed by atoms with Gasteiger partial charge in [-0.25, -0.2) is 0 Å². The molecule has 8 heteroatoms. The summed E-state index contributed by atoms with van der Waals surface area (Å²) in [6.07, 6.45) is 0. The molecule has 0 bridgehead atoms. The van der Waals surface area contributed by atoms with Crippen LogP contribution < -0.4 is 0 Å². The minimum absolute atomic E-state index is 0. The summed E-state index contributed by atoms with van der Waals surface area (Å²) >= 11 is 25.3. The summed E-state index contributed by atoms with van der Waals surface area (Å²) in [6, 6.07) is 12.0. The average Bonchev–Trinajstić information content (AvgIpc) is 2.44. The second kappa shape index (κ2) is 8.75. The normalized spacial score (nSPS) is 10.0. The molecule has 0 saturated carbocycles. The van der Waals surface area contributed by atoms with Crippen molar-refractivity contribution in [3.8, 4) is 0 Å². The van der Waals surface area contributed by atoms with Crippen LogP contribution in [0.1, 0.15) is 0 Å². The van der Waals surface area contributed by atoms with Gasteiger partial charge in [0.05, 0.1) is 20.1 Å². The Hall–Kier alpha value is 0.240. The predicted molar refractivity (Wildman–Crippen MR) is 119 cm³/mol. The van der Waals surface area contributed by atoms with E-state index in [1.165, 1.54) is 0 Å². The minimum Gasteiger partial charge on any atom is -0.147 e. The molecule has 0 spiro atoms. The lowest BCUT2D eigenvalue weighted by Crippen LogP contribution is -1.88. The number of rotatable bonds is 0. The predicted octanol–water partition coefficient (Wildman–Crippen LogP) is 8.88. The van der Waals surface area contributed by atoms with E-state index in [1.807, 2.05) is 30.3 Å². The molecule has 0 aliphatic carbocycles. The van der Waals surface area contributed by atoms with E-state index in [1.54, 1.807) is 0 Å². The average molecular weight is 486 g/mol. The van der Waals surface area contributed by atoms with Gasteiger partial charge in [0.2, 0.25) is 0 Å². The number of hydrogen-bond donors (Lipinski definition) is 0. The van der Waals surface area contributed by atoms with Gasteiger partial charge in [0.25, 0.3) is 0 Å². The van der Waals surface area contributed by atoms with Crippen molar-refractivity contribution in [1.82, 2.24) is 0 Å². The molecule has 0 unspecified atom stereocenters. The summed E-state index contributed by atoms with van der Waals surface area (Å²) in [5.74, 6) is 0. The molecule has 0 aromatic heterocycles. The number of halogens is 8. The molecule has 0 heterocycles. The molecular formula is C16H10Cl8. The van der Waals surface area contributed by atoms with Crippen LogP contribution in [-0.4, -0.2) is 0 Å². The molecule has 4 aromatic rings.